The molecule has 0 heterocycles. The van der Waals surface area contributed by atoms with Gasteiger partial charge >= 0.3 is 0 Å². The number of anilines is 1. The molecule has 0 saturated heterocycles. The Morgan fingerprint density at radius 1 is 1.29 bits per heavy atom. The highest BCUT2D eigenvalue weighted by Gasteiger charge is 2.20. The zero-order chi connectivity index (χ0) is 12.3. The van der Waals surface area contributed by atoms with Crippen LogP contribution in [0, 0.1) is 5.92 Å². The molecule has 0 radical (unpaired) electrons. The molecule has 1 saturated carbocycles. The summed E-state index contributed by atoms with van der Waals surface area (Å²) in [4.78, 5) is 2.44. The molecular formula is C15H23NO. The summed E-state index contributed by atoms with van der Waals surface area (Å²) in [5.41, 5.74) is 2.28. The predicted octanol–water partition coefficient (Wildman–Crippen LogP) is 3.37. The molecule has 0 bridgehead atoms. The molecule has 1 fully saturated rings. The summed E-state index contributed by atoms with van der Waals surface area (Å²) in [6.45, 7) is 6.26. The molecule has 94 valence electrons. The van der Waals surface area contributed by atoms with Gasteiger partial charge in [-0.1, -0.05) is 18.6 Å². The molecule has 2 rings (SSSR count). The third-order valence-electron chi connectivity index (χ3n) is 3.83. The van der Waals surface area contributed by atoms with E-state index in [9.17, 15) is 5.11 Å². The van der Waals surface area contributed by atoms with Crippen LogP contribution in [0.2, 0.25) is 0 Å². The van der Waals surface area contributed by atoms with Crippen molar-refractivity contribution >= 4 is 5.69 Å². The van der Waals surface area contributed by atoms with Crippen molar-refractivity contribution < 1.29 is 5.11 Å². The van der Waals surface area contributed by atoms with Gasteiger partial charge in [-0.15, -0.1) is 0 Å². The Bertz CT molecular complexity index is 340. The third-order valence-corrected chi connectivity index (χ3v) is 3.83. The summed E-state index contributed by atoms with van der Waals surface area (Å²) in [7, 11) is 0. The van der Waals surface area contributed by atoms with Crippen molar-refractivity contribution in [2.24, 2.45) is 5.92 Å². The van der Waals surface area contributed by atoms with Gasteiger partial charge < -0.3 is 10.0 Å². The monoisotopic (exact) mass is 233 g/mol. The fraction of sp³-hybridized carbons (Fsp3) is 0.600. The van der Waals surface area contributed by atoms with Gasteiger partial charge in [0.1, 0.15) is 0 Å². The van der Waals surface area contributed by atoms with Crippen LogP contribution in [0.4, 0.5) is 5.69 Å². The van der Waals surface area contributed by atoms with Crippen LogP contribution in [0.1, 0.15) is 44.8 Å². The Morgan fingerprint density at radius 3 is 2.35 bits per heavy atom. The molecule has 1 aromatic carbocycles. The maximum absolute atomic E-state index is 9.49. The molecule has 0 aromatic heterocycles. The second kappa shape index (κ2) is 5.54. The molecule has 0 aliphatic heterocycles. The molecule has 0 unspecified atom stereocenters. The summed E-state index contributed by atoms with van der Waals surface area (Å²) in [6.07, 6.45) is 3.82. The average Bonchev–Trinajstić information content (AvgIpc) is 2.28. The van der Waals surface area contributed by atoms with Gasteiger partial charge in [0.25, 0.3) is 0 Å². The molecule has 1 N–H and O–H groups in total. The van der Waals surface area contributed by atoms with Crippen molar-refractivity contribution in [3.05, 3.63) is 29.8 Å². The first-order chi connectivity index (χ1) is 8.20. The van der Waals surface area contributed by atoms with Crippen LogP contribution < -0.4 is 4.90 Å². The van der Waals surface area contributed by atoms with Gasteiger partial charge in [0.05, 0.1) is 6.10 Å². The first-order valence-corrected chi connectivity index (χ1v) is 6.73. The van der Waals surface area contributed by atoms with Crippen molar-refractivity contribution in [3.63, 3.8) is 0 Å². The highest BCUT2D eigenvalue weighted by Crippen LogP contribution is 2.29. The van der Waals surface area contributed by atoms with E-state index in [1.807, 2.05) is 12.1 Å². The first kappa shape index (κ1) is 12.4. The van der Waals surface area contributed by atoms with Gasteiger partial charge in [-0.2, -0.15) is 0 Å². The zero-order valence-electron chi connectivity index (χ0n) is 10.9. The highest BCUT2D eigenvalue weighted by atomic mass is 16.3. The average molecular weight is 233 g/mol. The number of rotatable bonds is 5. The minimum atomic E-state index is -0.370. The summed E-state index contributed by atoms with van der Waals surface area (Å²) < 4.78 is 0. The van der Waals surface area contributed by atoms with E-state index in [1.165, 1.54) is 31.5 Å². The quantitative estimate of drug-likeness (QED) is 0.843. The second-order valence-corrected chi connectivity index (χ2v) is 5.10. The SMILES string of the molecule is CCN(CC1CCC1)c1ccc([C@@H](C)O)cc1. The van der Waals surface area contributed by atoms with Crippen LogP contribution >= 0.6 is 0 Å². The van der Waals surface area contributed by atoms with E-state index in [4.69, 9.17) is 0 Å². The predicted molar refractivity (Wildman–Crippen MR) is 72.3 cm³/mol. The van der Waals surface area contributed by atoms with Gasteiger partial charge in [0, 0.05) is 18.8 Å². The Hall–Kier alpha value is -1.02. The molecule has 2 nitrogen and oxygen atoms in total. The maximum atomic E-state index is 9.49. The Labute approximate surface area is 104 Å². The lowest BCUT2D eigenvalue weighted by Gasteiger charge is -2.33. The number of benzene rings is 1. The lowest BCUT2D eigenvalue weighted by atomic mass is 9.85. The number of aliphatic hydroxyl groups is 1. The third kappa shape index (κ3) is 3.01. The Balaban J connectivity index is 2.02. The summed E-state index contributed by atoms with van der Waals surface area (Å²) in [5.74, 6) is 0.895. The lowest BCUT2D eigenvalue weighted by molar-refractivity contribution is 0.199. The van der Waals surface area contributed by atoms with E-state index in [-0.39, 0.29) is 6.10 Å². The largest absolute Gasteiger partial charge is 0.389 e. The van der Waals surface area contributed by atoms with Gasteiger partial charge in [0.15, 0.2) is 0 Å². The minimum Gasteiger partial charge on any atom is -0.389 e. The minimum absolute atomic E-state index is 0.370. The highest BCUT2D eigenvalue weighted by molar-refractivity contribution is 5.47. The van der Waals surface area contributed by atoms with Crippen LogP contribution in [-0.2, 0) is 0 Å². The Kier molecular flexibility index (Phi) is 4.06. The molecular weight excluding hydrogens is 210 g/mol. The molecule has 0 amide bonds. The molecule has 1 aliphatic rings. The van der Waals surface area contributed by atoms with E-state index in [2.05, 4.69) is 24.0 Å². The van der Waals surface area contributed by atoms with E-state index in [1.54, 1.807) is 6.92 Å². The molecule has 1 aromatic rings. The van der Waals surface area contributed by atoms with Crippen molar-refractivity contribution in [3.8, 4) is 0 Å². The van der Waals surface area contributed by atoms with Crippen LogP contribution in [0.25, 0.3) is 0 Å². The fourth-order valence-corrected chi connectivity index (χ4v) is 2.37. The number of aliphatic hydroxyl groups excluding tert-OH is 1. The first-order valence-electron chi connectivity index (χ1n) is 6.73. The van der Waals surface area contributed by atoms with E-state index in [0.29, 0.717) is 0 Å². The van der Waals surface area contributed by atoms with Crippen LogP contribution in [-0.4, -0.2) is 18.2 Å². The van der Waals surface area contributed by atoms with Gasteiger partial charge in [-0.05, 0) is 50.3 Å². The molecule has 1 atom stereocenters. The topological polar surface area (TPSA) is 23.5 Å². The van der Waals surface area contributed by atoms with Crippen LogP contribution in [0.15, 0.2) is 24.3 Å². The van der Waals surface area contributed by atoms with Crippen molar-refractivity contribution in [1.82, 2.24) is 0 Å². The number of nitrogens with zero attached hydrogens (tertiary/aromatic N) is 1. The number of hydrogen-bond acceptors (Lipinski definition) is 2. The molecule has 0 spiro atoms. The molecule has 17 heavy (non-hydrogen) atoms. The van der Waals surface area contributed by atoms with Crippen LogP contribution in [0.3, 0.4) is 0 Å². The summed E-state index contributed by atoms with van der Waals surface area (Å²) in [5, 5.41) is 9.49. The van der Waals surface area contributed by atoms with Gasteiger partial charge in [-0.3, -0.25) is 0 Å². The van der Waals surface area contributed by atoms with Gasteiger partial charge in [0.2, 0.25) is 0 Å². The van der Waals surface area contributed by atoms with Crippen molar-refractivity contribution in [2.75, 3.05) is 18.0 Å². The molecule has 2 heteroatoms. The fourth-order valence-electron chi connectivity index (χ4n) is 2.37. The summed E-state index contributed by atoms with van der Waals surface area (Å²) in [6, 6.07) is 8.32. The second-order valence-electron chi connectivity index (χ2n) is 5.10. The number of hydrogen-bond donors (Lipinski definition) is 1. The standard InChI is InChI=1S/C15H23NO/c1-3-16(11-13-5-4-6-13)15-9-7-14(8-10-15)12(2)17/h7-10,12-13,17H,3-6,11H2,1-2H3/t12-/m1/s1. The molecule has 1 aliphatic carbocycles. The normalized spacial score (nSPS) is 17.6. The van der Waals surface area contributed by atoms with E-state index in [0.717, 1.165) is 18.0 Å². The van der Waals surface area contributed by atoms with Gasteiger partial charge in [-0.25, -0.2) is 0 Å². The van der Waals surface area contributed by atoms with E-state index < -0.39 is 0 Å². The van der Waals surface area contributed by atoms with E-state index >= 15 is 0 Å². The smallest absolute Gasteiger partial charge is 0.0761 e. The van der Waals surface area contributed by atoms with Crippen molar-refractivity contribution in [1.29, 1.82) is 0 Å². The zero-order valence-corrected chi connectivity index (χ0v) is 10.9. The summed E-state index contributed by atoms with van der Waals surface area (Å²) >= 11 is 0. The maximum Gasteiger partial charge on any atom is 0.0761 e. The van der Waals surface area contributed by atoms with Crippen molar-refractivity contribution in [2.45, 2.75) is 39.2 Å². The Morgan fingerprint density at radius 2 is 1.94 bits per heavy atom. The lowest BCUT2D eigenvalue weighted by Crippen LogP contribution is -2.32. The van der Waals surface area contributed by atoms with Crippen LogP contribution in [0.5, 0.6) is 0 Å².